The molecule has 316 valence electrons. The molecule has 0 fully saturated rings. The fourth-order valence-electron chi connectivity index (χ4n) is 6.43. The van der Waals surface area contributed by atoms with Gasteiger partial charge in [0.2, 0.25) is 11.8 Å². The average Bonchev–Trinajstić information content (AvgIpc) is 3.07. The Hall–Kier alpha value is -2.30. The first kappa shape index (κ1) is 54.8. The Kier molecular flexibility index (Phi) is 31.6. The van der Waals surface area contributed by atoms with Gasteiger partial charge in [-0.05, 0) is 12.8 Å². The van der Waals surface area contributed by atoms with E-state index in [0.717, 1.165) is 61.2 Å². The van der Waals surface area contributed by atoms with Crippen LogP contribution in [0, 0.1) is 0 Å². The van der Waals surface area contributed by atoms with Gasteiger partial charge in [0.25, 0.3) is 0 Å². The van der Waals surface area contributed by atoms with Crippen LogP contribution in [0.3, 0.4) is 0 Å². The maximum absolute atomic E-state index is 13.4. The Balaban J connectivity index is -0.0000140. The summed E-state index contributed by atoms with van der Waals surface area (Å²) < 4.78 is 0. The molecule has 0 aliphatic carbocycles. The fraction of sp³-hybridized carbons (Fsp3) is 0.846. The molecule has 0 radical (unpaired) electrons. The van der Waals surface area contributed by atoms with Crippen LogP contribution in [-0.4, -0.2) is 125 Å². The van der Waals surface area contributed by atoms with Crippen LogP contribution in [0.2, 0.25) is 0 Å². The second-order valence-electron chi connectivity index (χ2n) is 14.9. The molecule has 0 aromatic heterocycles. The molecule has 2 atom stereocenters. The summed E-state index contributed by atoms with van der Waals surface area (Å²) in [5.41, 5.74) is -5.79. The van der Waals surface area contributed by atoms with Gasteiger partial charge in [-0.15, -0.1) is 0 Å². The molecule has 0 aliphatic rings. The summed E-state index contributed by atoms with van der Waals surface area (Å²) in [5, 5.41) is 69.7. The summed E-state index contributed by atoms with van der Waals surface area (Å²) in [4.78, 5) is 75.2. The number of carboxylic acids is 4. The number of carboxylic acid groups (broad SMARTS) is 4. The third-order valence-electron chi connectivity index (χ3n) is 9.70. The van der Waals surface area contributed by atoms with E-state index in [9.17, 15) is 64.5 Å². The SMILES string of the molecule is CCCCCCCCCCCCN(CC(O)CN(CCCCCCCCCCCC)C(=O)CC(O)(CC(=O)O)C(=O)O)C(=O)CC(O)(CC(=O)O)C(=O)O.[H-].[Na+]. The van der Waals surface area contributed by atoms with E-state index in [-0.39, 0.29) is 44.1 Å². The van der Waals surface area contributed by atoms with Crippen molar-refractivity contribution in [2.75, 3.05) is 26.2 Å². The number of rotatable bonds is 36. The van der Waals surface area contributed by atoms with E-state index in [0.29, 0.717) is 25.7 Å². The minimum absolute atomic E-state index is 0. The van der Waals surface area contributed by atoms with Crippen molar-refractivity contribution in [3.05, 3.63) is 0 Å². The van der Waals surface area contributed by atoms with Gasteiger partial charge in [-0.1, -0.05) is 129 Å². The van der Waals surface area contributed by atoms with Gasteiger partial charge in [0.1, 0.15) is 0 Å². The summed E-state index contributed by atoms with van der Waals surface area (Å²) in [6.07, 6.45) is 13.9. The quantitative estimate of drug-likeness (QED) is 0.0356. The van der Waals surface area contributed by atoms with Crippen LogP contribution in [-0.2, 0) is 28.8 Å². The van der Waals surface area contributed by atoms with Crippen molar-refractivity contribution in [2.45, 2.75) is 185 Å². The molecule has 15 nitrogen and oxygen atoms in total. The average molecular weight is 799 g/mol. The molecule has 0 spiro atoms. The van der Waals surface area contributed by atoms with E-state index in [1.165, 1.54) is 51.4 Å². The van der Waals surface area contributed by atoms with Crippen molar-refractivity contribution < 1.29 is 95.5 Å². The number of nitrogens with zero attached hydrogens (tertiary/aromatic N) is 2. The Morgan fingerprint density at radius 3 is 0.964 bits per heavy atom. The van der Waals surface area contributed by atoms with Gasteiger partial charge in [0.05, 0.1) is 31.8 Å². The normalized spacial score (nSPS) is 13.8. The third kappa shape index (κ3) is 26.3. The molecule has 0 bridgehead atoms. The number of hydrogen-bond donors (Lipinski definition) is 7. The molecule has 2 amide bonds. The number of aliphatic carboxylic acids is 4. The number of aliphatic hydroxyl groups excluding tert-OH is 1. The van der Waals surface area contributed by atoms with Crippen molar-refractivity contribution in [1.29, 1.82) is 0 Å². The molecule has 0 saturated carbocycles. The predicted molar refractivity (Wildman–Crippen MR) is 203 cm³/mol. The summed E-state index contributed by atoms with van der Waals surface area (Å²) in [6.45, 7) is 3.59. The number of unbranched alkanes of at least 4 members (excludes halogenated alkanes) is 18. The first-order valence-corrected chi connectivity index (χ1v) is 20.1. The van der Waals surface area contributed by atoms with Crippen molar-refractivity contribution in [2.24, 2.45) is 0 Å². The molecule has 0 saturated heterocycles. The van der Waals surface area contributed by atoms with Crippen LogP contribution in [0.4, 0.5) is 0 Å². The van der Waals surface area contributed by atoms with Crippen LogP contribution < -0.4 is 29.6 Å². The van der Waals surface area contributed by atoms with Crippen molar-refractivity contribution in [3.63, 3.8) is 0 Å². The first-order chi connectivity index (χ1) is 25.5. The topological polar surface area (TPSA) is 251 Å². The maximum Gasteiger partial charge on any atom is 1.00 e. The van der Waals surface area contributed by atoms with E-state index in [1.54, 1.807) is 0 Å². The largest absolute Gasteiger partial charge is 1.00 e. The van der Waals surface area contributed by atoms with E-state index in [4.69, 9.17) is 0 Å². The summed E-state index contributed by atoms with van der Waals surface area (Å²) >= 11 is 0. The maximum atomic E-state index is 13.4. The Bertz CT molecular complexity index is 1050. The van der Waals surface area contributed by atoms with Crippen LogP contribution in [0.1, 0.15) is 169 Å². The van der Waals surface area contributed by atoms with Crippen molar-refractivity contribution >= 4 is 35.7 Å². The number of hydrogen-bond acceptors (Lipinski definition) is 9. The summed E-state index contributed by atoms with van der Waals surface area (Å²) in [5.74, 6) is -8.86. The molecule has 0 rings (SSSR count). The molecular formula is C39H71N2NaO13. The number of carbonyl (C=O) groups excluding carboxylic acids is 2. The summed E-state index contributed by atoms with van der Waals surface area (Å²) in [7, 11) is 0. The van der Waals surface area contributed by atoms with E-state index in [2.05, 4.69) is 13.8 Å². The molecule has 55 heavy (non-hydrogen) atoms. The summed E-state index contributed by atoms with van der Waals surface area (Å²) in [6, 6.07) is 0. The smallest absolute Gasteiger partial charge is 1.00 e. The molecule has 0 aliphatic heterocycles. The van der Waals surface area contributed by atoms with Gasteiger partial charge in [0, 0.05) is 26.2 Å². The third-order valence-corrected chi connectivity index (χ3v) is 9.70. The Morgan fingerprint density at radius 2 is 0.727 bits per heavy atom. The number of carbonyl (C=O) groups is 6. The van der Waals surface area contributed by atoms with Crippen molar-refractivity contribution in [1.82, 2.24) is 9.80 Å². The van der Waals surface area contributed by atoms with E-state index < -0.39 is 91.8 Å². The first-order valence-electron chi connectivity index (χ1n) is 20.1. The van der Waals surface area contributed by atoms with Crippen molar-refractivity contribution in [3.8, 4) is 0 Å². The van der Waals surface area contributed by atoms with Gasteiger partial charge in [-0.2, -0.15) is 0 Å². The van der Waals surface area contributed by atoms with Gasteiger partial charge >= 0.3 is 53.4 Å². The standard InChI is InChI=1S/C39H70N2O13.Na.H/c1-3-5-7-9-11-13-15-17-19-21-23-40(32(43)25-38(53,36(49)50)27-34(45)46)29-31(42)30-41(24-22-20-18-16-14-12-10-8-6-4-2)33(44)26-39(54,37(51)52)28-35(47)48;;/h31,42,53-54H,3-30H2,1-2H3,(H,45,46)(H,47,48)(H,49,50)(H,51,52);;/q;+1;-1. The molecule has 16 heteroatoms. The number of aliphatic hydroxyl groups is 3. The van der Waals surface area contributed by atoms with E-state index in [1.807, 2.05) is 0 Å². The number of amides is 2. The minimum Gasteiger partial charge on any atom is -1.00 e. The molecular weight excluding hydrogens is 727 g/mol. The van der Waals surface area contributed by atoms with Gasteiger partial charge in [-0.25, -0.2) is 9.59 Å². The molecule has 0 aromatic carbocycles. The van der Waals surface area contributed by atoms with Gasteiger partial charge in [0.15, 0.2) is 11.2 Å². The zero-order valence-electron chi connectivity index (χ0n) is 34.9. The molecule has 0 heterocycles. The van der Waals surface area contributed by atoms with Gasteiger partial charge in [-0.3, -0.25) is 19.2 Å². The Morgan fingerprint density at radius 1 is 0.473 bits per heavy atom. The second-order valence-corrected chi connectivity index (χ2v) is 14.9. The van der Waals surface area contributed by atoms with Crippen LogP contribution in [0.5, 0.6) is 0 Å². The zero-order chi connectivity index (χ0) is 41.0. The monoisotopic (exact) mass is 798 g/mol. The van der Waals surface area contributed by atoms with Crippen LogP contribution >= 0.6 is 0 Å². The Labute approximate surface area is 351 Å². The predicted octanol–water partition coefficient (Wildman–Crippen LogP) is 2.32. The minimum atomic E-state index is -2.90. The van der Waals surface area contributed by atoms with Crippen LogP contribution in [0.25, 0.3) is 0 Å². The van der Waals surface area contributed by atoms with Gasteiger partial charge < -0.3 is 47.0 Å². The molecule has 0 aromatic rings. The molecule has 2 unspecified atom stereocenters. The van der Waals surface area contributed by atoms with E-state index >= 15 is 0 Å². The zero-order valence-corrected chi connectivity index (χ0v) is 35.9. The fourth-order valence-corrected chi connectivity index (χ4v) is 6.43. The van der Waals surface area contributed by atoms with Crippen LogP contribution in [0.15, 0.2) is 0 Å². The molecule has 7 N–H and O–H groups in total. The second kappa shape index (κ2) is 31.7.